The fourth-order valence-corrected chi connectivity index (χ4v) is 5.97. The molecule has 9 heteroatoms. The molecule has 1 aliphatic heterocycles. The summed E-state index contributed by atoms with van der Waals surface area (Å²) >= 11 is 1.61. The summed E-state index contributed by atoms with van der Waals surface area (Å²) in [6.45, 7) is 6.26. The van der Waals surface area contributed by atoms with Gasteiger partial charge in [-0.25, -0.2) is 4.98 Å². The minimum Gasteiger partial charge on any atom is -0.355 e. The van der Waals surface area contributed by atoms with Gasteiger partial charge in [-0.15, -0.1) is 15.3 Å². The normalized spacial score (nSPS) is 14.6. The summed E-state index contributed by atoms with van der Waals surface area (Å²) in [5.74, 6) is 0.971. The topological polar surface area (TPSA) is 79.5 Å². The fraction of sp³-hybridized carbons (Fsp3) is 0.296. The minimum absolute atomic E-state index is 0.0570. The summed E-state index contributed by atoms with van der Waals surface area (Å²) in [6, 6.07) is 18.3. The summed E-state index contributed by atoms with van der Waals surface area (Å²) in [4.78, 5) is 23.0. The molecule has 0 aliphatic carbocycles. The van der Waals surface area contributed by atoms with E-state index in [4.69, 9.17) is 4.98 Å². The van der Waals surface area contributed by atoms with E-state index < -0.39 is 0 Å². The Kier molecular flexibility index (Phi) is 5.85. The Labute approximate surface area is 213 Å². The van der Waals surface area contributed by atoms with Crippen LogP contribution in [0.3, 0.4) is 0 Å². The molecule has 1 fully saturated rings. The highest BCUT2D eigenvalue weighted by molar-refractivity contribution is 7.22. The quantitative estimate of drug-likeness (QED) is 0.347. The number of nitrogens with zero attached hydrogens (tertiary/aromatic N) is 7. The lowest BCUT2D eigenvalue weighted by atomic mass is 9.95. The molecule has 1 amide bonds. The monoisotopic (exact) mass is 497 g/mol. The SMILES string of the molecule is Cc1cc(C)c2sc(N(Cc3ccccc3)C(=O)C3CCN(c4ccc5nncn5n4)CC3)nc2c1. The Morgan fingerprint density at radius 2 is 1.89 bits per heavy atom. The second-order valence-corrected chi connectivity index (χ2v) is 10.4. The molecular formula is C27H27N7OS. The molecule has 3 aromatic heterocycles. The number of amides is 1. The van der Waals surface area contributed by atoms with Gasteiger partial charge in [0, 0.05) is 19.0 Å². The lowest BCUT2D eigenvalue weighted by molar-refractivity contribution is -0.123. The zero-order valence-electron chi connectivity index (χ0n) is 20.3. The van der Waals surface area contributed by atoms with Crippen molar-refractivity contribution in [3.05, 3.63) is 77.6 Å². The average molecular weight is 498 g/mol. The molecule has 36 heavy (non-hydrogen) atoms. The van der Waals surface area contributed by atoms with Gasteiger partial charge in [-0.1, -0.05) is 47.7 Å². The number of hydrogen-bond donors (Lipinski definition) is 0. The van der Waals surface area contributed by atoms with Crippen LogP contribution in [0.2, 0.25) is 0 Å². The molecule has 0 spiro atoms. The first-order chi connectivity index (χ1) is 17.5. The maximum Gasteiger partial charge on any atom is 0.232 e. The summed E-state index contributed by atoms with van der Waals surface area (Å²) in [5.41, 5.74) is 5.17. The van der Waals surface area contributed by atoms with E-state index in [-0.39, 0.29) is 11.8 Å². The summed E-state index contributed by atoms with van der Waals surface area (Å²) in [6.07, 6.45) is 3.15. The highest BCUT2D eigenvalue weighted by Crippen LogP contribution is 2.35. The van der Waals surface area contributed by atoms with Gasteiger partial charge in [0.1, 0.15) is 12.1 Å². The lowest BCUT2D eigenvalue weighted by Gasteiger charge is -2.34. The lowest BCUT2D eigenvalue weighted by Crippen LogP contribution is -2.43. The van der Waals surface area contributed by atoms with Gasteiger partial charge in [-0.05, 0) is 61.6 Å². The van der Waals surface area contributed by atoms with E-state index in [2.05, 4.69) is 58.3 Å². The van der Waals surface area contributed by atoms with Crippen LogP contribution in [-0.4, -0.2) is 43.8 Å². The van der Waals surface area contributed by atoms with Crippen molar-refractivity contribution in [2.24, 2.45) is 5.92 Å². The van der Waals surface area contributed by atoms with Gasteiger partial charge in [0.05, 0.1) is 16.8 Å². The molecule has 0 radical (unpaired) electrons. The first-order valence-electron chi connectivity index (χ1n) is 12.2. The number of aromatic nitrogens is 5. The van der Waals surface area contributed by atoms with E-state index in [1.54, 1.807) is 22.2 Å². The van der Waals surface area contributed by atoms with E-state index in [9.17, 15) is 4.79 Å². The molecule has 6 rings (SSSR count). The van der Waals surface area contributed by atoms with Crippen LogP contribution in [0.15, 0.2) is 60.9 Å². The second-order valence-electron chi connectivity index (χ2n) is 9.42. The van der Waals surface area contributed by atoms with Gasteiger partial charge in [0.25, 0.3) is 0 Å². The first kappa shape index (κ1) is 22.6. The van der Waals surface area contributed by atoms with Crippen molar-refractivity contribution in [3.63, 3.8) is 0 Å². The number of benzene rings is 2. The Bertz CT molecular complexity index is 1540. The molecule has 4 heterocycles. The maximum absolute atomic E-state index is 14.0. The predicted molar refractivity (Wildman–Crippen MR) is 142 cm³/mol. The van der Waals surface area contributed by atoms with Crippen molar-refractivity contribution in [2.75, 3.05) is 22.9 Å². The van der Waals surface area contributed by atoms with Gasteiger partial charge in [0.2, 0.25) is 5.91 Å². The third kappa shape index (κ3) is 4.30. The highest BCUT2D eigenvalue weighted by Gasteiger charge is 2.31. The number of carbonyl (C=O) groups is 1. The number of fused-ring (bicyclic) bond motifs is 2. The fourth-order valence-electron chi connectivity index (χ4n) is 4.95. The minimum atomic E-state index is -0.0570. The number of rotatable bonds is 5. The largest absolute Gasteiger partial charge is 0.355 e. The van der Waals surface area contributed by atoms with Gasteiger partial charge >= 0.3 is 0 Å². The molecular weight excluding hydrogens is 470 g/mol. The molecule has 182 valence electrons. The third-order valence-corrected chi connectivity index (χ3v) is 8.03. The molecule has 0 bridgehead atoms. The zero-order valence-corrected chi connectivity index (χ0v) is 21.1. The second kappa shape index (κ2) is 9.31. The number of carbonyl (C=O) groups excluding carboxylic acids is 1. The molecule has 1 aliphatic rings. The van der Waals surface area contributed by atoms with Crippen LogP contribution in [0.1, 0.15) is 29.5 Å². The van der Waals surface area contributed by atoms with Gasteiger partial charge in [-0.2, -0.15) is 4.52 Å². The molecule has 8 nitrogen and oxygen atoms in total. The van der Waals surface area contributed by atoms with Crippen LogP contribution in [0.25, 0.3) is 15.9 Å². The Morgan fingerprint density at radius 1 is 1.08 bits per heavy atom. The van der Waals surface area contributed by atoms with Crippen molar-refractivity contribution in [3.8, 4) is 0 Å². The summed E-state index contributed by atoms with van der Waals surface area (Å²) in [7, 11) is 0. The van der Waals surface area contributed by atoms with E-state index in [0.717, 1.165) is 58.3 Å². The van der Waals surface area contributed by atoms with Crippen molar-refractivity contribution in [1.82, 2.24) is 24.8 Å². The molecule has 0 saturated carbocycles. The number of hydrogen-bond acceptors (Lipinski definition) is 7. The zero-order chi connectivity index (χ0) is 24.6. The number of thiazole rings is 1. The van der Waals surface area contributed by atoms with Crippen LogP contribution in [0, 0.1) is 19.8 Å². The Morgan fingerprint density at radius 3 is 2.69 bits per heavy atom. The van der Waals surface area contributed by atoms with Crippen LogP contribution in [-0.2, 0) is 11.3 Å². The summed E-state index contributed by atoms with van der Waals surface area (Å²) < 4.78 is 2.83. The van der Waals surface area contributed by atoms with Crippen LogP contribution >= 0.6 is 11.3 Å². The van der Waals surface area contributed by atoms with E-state index >= 15 is 0 Å². The standard InChI is InChI=1S/C27H27N7OS/c1-18-14-19(2)25-22(15-18)29-27(36-25)33(16-20-6-4-3-5-7-20)26(35)21-10-12-32(13-11-21)24-9-8-23-30-28-17-34(23)31-24/h3-9,14-15,17,21H,10-13,16H2,1-2H3. The number of piperidine rings is 1. The van der Waals surface area contributed by atoms with Crippen molar-refractivity contribution in [2.45, 2.75) is 33.2 Å². The molecule has 2 aromatic carbocycles. The highest BCUT2D eigenvalue weighted by atomic mass is 32.1. The number of aryl methyl sites for hydroxylation is 2. The van der Waals surface area contributed by atoms with Gasteiger partial charge in [0.15, 0.2) is 10.8 Å². The first-order valence-corrected chi connectivity index (χ1v) is 13.0. The van der Waals surface area contributed by atoms with Crippen LogP contribution in [0.4, 0.5) is 10.9 Å². The Balaban J connectivity index is 1.25. The molecule has 0 atom stereocenters. The van der Waals surface area contributed by atoms with Crippen molar-refractivity contribution < 1.29 is 4.79 Å². The molecule has 1 saturated heterocycles. The predicted octanol–water partition coefficient (Wildman–Crippen LogP) is 4.80. The van der Waals surface area contributed by atoms with Gasteiger partial charge in [-0.3, -0.25) is 9.69 Å². The summed E-state index contributed by atoms with van der Waals surface area (Å²) in [5, 5.41) is 13.3. The van der Waals surface area contributed by atoms with Crippen LogP contribution < -0.4 is 9.80 Å². The molecule has 5 aromatic rings. The average Bonchev–Trinajstić information content (AvgIpc) is 3.54. The van der Waals surface area contributed by atoms with E-state index in [0.29, 0.717) is 6.54 Å². The number of anilines is 2. The maximum atomic E-state index is 14.0. The van der Waals surface area contributed by atoms with E-state index in [1.165, 1.54) is 11.1 Å². The van der Waals surface area contributed by atoms with Crippen molar-refractivity contribution >= 4 is 44.1 Å². The molecule has 0 N–H and O–H groups in total. The van der Waals surface area contributed by atoms with E-state index in [1.807, 2.05) is 35.2 Å². The van der Waals surface area contributed by atoms with Crippen molar-refractivity contribution in [1.29, 1.82) is 0 Å². The Hall–Kier alpha value is -3.85. The van der Waals surface area contributed by atoms with Gasteiger partial charge < -0.3 is 4.90 Å². The third-order valence-electron chi connectivity index (χ3n) is 6.81. The van der Waals surface area contributed by atoms with Crippen LogP contribution in [0.5, 0.6) is 0 Å². The smallest absolute Gasteiger partial charge is 0.232 e. The molecule has 0 unspecified atom stereocenters.